The minimum absolute atomic E-state index is 0. The van der Waals surface area contributed by atoms with Gasteiger partial charge in [-0.1, -0.05) is 29.8 Å². The van der Waals surface area contributed by atoms with Gasteiger partial charge in [0, 0.05) is 0 Å². The Kier molecular flexibility index (Phi) is 9.00. The Morgan fingerprint density at radius 1 is 1.06 bits per heavy atom. The number of hydrogen-bond donors (Lipinski definition) is 0. The molecule has 0 fully saturated rings. The van der Waals surface area contributed by atoms with Crippen LogP contribution in [0.15, 0.2) is 24.3 Å². The van der Waals surface area contributed by atoms with Crippen LogP contribution < -0.4 is 58.6 Å². The zero-order chi connectivity index (χ0) is 10.7. The molecule has 0 aliphatic carbocycles. The van der Waals surface area contributed by atoms with E-state index < -0.39 is 17.9 Å². The van der Waals surface area contributed by atoms with Gasteiger partial charge in [-0.3, -0.25) is 0 Å². The smallest absolute Gasteiger partial charge is 0.549 e. The summed E-state index contributed by atoms with van der Waals surface area (Å²) in [6.45, 7) is 1.82. The molecule has 0 N–H and O–H groups in total. The second-order valence-corrected chi connectivity index (χ2v) is 2.98. The molecule has 1 aromatic rings. The van der Waals surface area contributed by atoms with E-state index in [2.05, 4.69) is 0 Å². The Morgan fingerprint density at radius 3 is 1.75 bits per heavy atom. The molecule has 0 amide bonds. The van der Waals surface area contributed by atoms with Gasteiger partial charge in [0.25, 0.3) is 0 Å². The summed E-state index contributed by atoms with van der Waals surface area (Å²) in [7, 11) is 0. The number of aliphatic carboxylic acids is 2. The van der Waals surface area contributed by atoms with E-state index >= 15 is 0 Å². The molecular weight excluding hydrogens is 214 g/mol. The van der Waals surface area contributed by atoms with Crippen LogP contribution in [0.2, 0.25) is 0 Å². The molecule has 0 aromatic heterocycles. The number of rotatable bonds is 3. The number of carboxylic acid groups (broad SMARTS) is 2. The number of carboxylic acids is 2. The molecule has 6 heteroatoms. The van der Waals surface area contributed by atoms with Crippen LogP contribution in [0.25, 0.3) is 0 Å². The predicted molar refractivity (Wildman–Crippen MR) is 43.9 cm³/mol. The van der Waals surface area contributed by atoms with Crippen LogP contribution in [0.4, 0.5) is 0 Å². The first-order valence-corrected chi connectivity index (χ1v) is 4.00. The normalized spacial score (nSPS) is 8.88. The molecule has 0 saturated carbocycles. The molecule has 0 saturated heterocycles. The van der Waals surface area contributed by atoms with E-state index in [4.69, 9.17) is 0 Å². The second-order valence-electron chi connectivity index (χ2n) is 2.98. The third kappa shape index (κ3) is 4.73. The Bertz CT molecular complexity index is 350. The molecule has 0 aliphatic heterocycles. The molecule has 0 unspecified atom stereocenters. The van der Waals surface area contributed by atoms with Crippen LogP contribution in [0.3, 0.4) is 0 Å². The first kappa shape index (κ1) is 18.1. The van der Waals surface area contributed by atoms with E-state index in [1.54, 1.807) is 12.1 Å². The summed E-state index contributed by atoms with van der Waals surface area (Å²) in [6.07, 6.45) is 0. The first-order chi connectivity index (χ1) is 6.52. The summed E-state index contributed by atoms with van der Waals surface area (Å²) in [4.78, 5) is 21.0. The molecule has 1 aromatic carbocycles. The fourth-order valence-corrected chi connectivity index (χ4v) is 1.13. The van der Waals surface area contributed by atoms with Gasteiger partial charge in [0.15, 0.2) is 0 Å². The van der Waals surface area contributed by atoms with E-state index in [-0.39, 0.29) is 54.0 Å². The van der Waals surface area contributed by atoms with Gasteiger partial charge in [-0.15, -0.1) is 0 Å². The van der Waals surface area contributed by atoms with Crippen LogP contribution in [0.5, 0.6) is 0 Å². The van der Waals surface area contributed by atoms with Gasteiger partial charge in [0.2, 0.25) is 0 Å². The van der Waals surface area contributed by atoms with Crippen molar-refractivity contribution in [1.29, 1.82) is 0 Å². The van der Waals surface area contributed by atoms with E-state index in [1.807, 2.05) is 6.92 Å². The second kappa shape index (κ2) is 7.94. The first-order valence-electron chi connectivity index (χ1n) is 4.00. The molecule has 0 atom stereocenters. The van der Waals surface area contributed by atoms with Gasteiger partial charge in [0.1, 0.15) is 0 Å². The number of aryl methyl sites for hydroxylation is 1. The fourth-order valence-electron chi connectivity index (χ4n) is 1.13. The van der Waals surface area contributed by atoms with Crippen molar-refractivity contribution in [2.45, 2.75) is 12.8 Å². The van der Waals surface area contributed by atoms with Crippen molar-refractivity contribution in [1.82, 2.24) is 0 Å². The Labute approximate surface area is 128 Å². The fraction of sp³-hybridized carbons (Fsp3) is 0.200. The summed E-state index contributed by atoms with van der Waals surface area (Å²) < 4.78 is 0. The molecule has 0 heterocycles. The van der Waals surface area contributed by atoms with Gasteiger partial charge < -0.3 is 19.8 Å². The number of carbonyl (C=O) groups excluding carboxylic acids is 2. The molecule has 0 bridgehead atoms. The quantitative estimate of drug-likeness (QED) is 0.376. The Hall–Kier alpha value is -0.243. The van der Waals surface area contributed by atoms with Crippen LogP contribution in [-0.4, -0.2) is 11.9 Å². The van der Waals surface area contributed by atoms with Gasteiger partial charge in [-0.2, -0.15) is 0 Å². The van der Waals surface area contributed by atoms with E-state index in [0.717, 1.165) is 5.56 Å². The Balaban J connectivity index is 0. The number of benzene rings is 1. The Morgan fingerprint density at radius 2 is 1.44 bits per heavy atom. The molecule has 16 heavy (non-hydrogen) atoms. The third-order valence-electron chi connectivity index (χ3n) is 1.88. The molecule has 74 valence electrons. The standard InChI is InChI=1S/C10H10O4.Li.Na/c1-6-2-4-7(5-3-6)8(9(11)12)10(13)14;;/h2-5,8H,1H3,(H,11,12)(H,13,14);;/q;2*+1/p-2. The largest absolute Gasteiger partial charge is 1.00 e. The average Bonchev–Trinajstić information content (AvgIpc) is 2.07. The van der Waals surface area contributed by atoms with Crippen LogP contribution in [0.1, 0.15) is 17.0 Å². The topological polar surface area (TPSA) is 80.3 Å². The number of carbonyl (C=O) groups is 2. The van der Waals surface area contributed by atoms with Gasteiger partial charge in [0.05, 0.1) is 17.9 Å². The predicted octanol–water partition coefficient (Wildman–Crippen LogP) is -7.41. The molecular formula is C10H8LiNaO4. The molecule has 0 aliphatic rings. The average molecular weight is 222 g/mol. The van der Waals surface area contributed by atoms with Crippen molar-refractivity contribution in [2.24, 2.45) is 0 Å². The van der Waals surface area contributed by atoms with Gasteiger partial charge in [-0.25, -0.2) is 0 Å². The summed E-state index contributed by atoms with van der Waals surface area (Å²) >= 11 is 0. The van der Waals surface area contributed by atoms with E-state index in [0.29, 0.717) is 0 Å². The van der Waals surface area contributed by atoms with E-state index in [9.17, 15) is 19.8 Å². The maximum absolute atomic E-state index is 10.5. The van der Waals surface area contributed by atoms with E-state index in [1.165, 1.54) is 12.1 Å². The van der Waals surface area contributed by atoms with Gasteiger partial charge in [-0.05, 0) is 12.5 Å². The summed E-state index contributed by atoms with van der Waals surface area (Å²) in [5.74, 6) is -5.02. The van der Waals surface area contributed by atoms with Crippen LogP contribution >= 0.6 is 0 Å². The molecule has 0 spiro atoms. The molecule has 0 radical (unpaired) electrons. The van der Waals surface area contributed by atoms with Crippen molar-refractivity contribution in [3.8, 4) is 0 Å². The summed E-state index contributed by atoms with van der Waals surface area (Å²) in [5, 5.41) is 21.0. The minimum atomic E-state index is -1.70. The van der Waals surface area contributed by atoms with Crippen LogP contribution in [0, 0.1) is 6.92 Å². The number of hydrogen-bond acceptors (Lipinski definition) is 4. The van der Waals surface area contributed by atoms with Crippen molar-refractivity contribution in [3.63, 3.8) is 0 Å². The maximum atomic E-state index is 10.5. The van der Waals surface area contributed by atoms with Crippen molar-refractivity contribution in [3.05, 3.63) is 35.4 Å². The third-order valence-corrected chi connectivity index (χ3v) is 1.88. The zero-order valence-corrected chi connectivity index (χ0v) is 11.5. The zero-order valence-electron chi connectivity index (χ0n) is 9.52. The SMILES string of the molecule is Cc1ccc(C(C(=O)[O-])C(=O)[O-])cc1.[Li+].[Na+]. The van der Waals surface area contributed by atoms with Crippen LogP contribution in [-0.2, 0) is 9.59 Å². The van der Waals surface area contributed by atoms with Gasteiger partial charge >= 0.3 is 48.4 Å². The monoisotopic (exact) mass is 222 g/mol. The summed E-state index contributed by atoms with van der Waals surface area (Å²) in [5.41, 5.74) is 1.08. The summed E-state index contributed by atoms with van der Waals surface area (Å²) in [6, 6.07) is 6.14. The van der Waals surface area contributed by atoms with Crippen molar-refractivity contribution in [2.75, 3.05) is 0 Å². The molecule has 4 nitrogen and oxygen atoms in total. The molecule has 1 rings (SSSR count). The van der Waals surface area contributed by atoms with Crippen molar-refractivity contribution >= 4 is 11.9 Å². The maximum Gasteiger partial charge on any atom is 1.00 e. The minimum Gasteiger partial charge on any atom is -0.549 e. The van der Waals surface area contributed by atoms with Crippen molar-refractivity contribution < 1.29 is 68.2 Å².